The molecule has 0 saturated carbocycles. The molecule has 2 rings (SSSR count). The number of halogens is 1. The van der Waals surface area contributed by atoms with Crippen LogP contribution in [-0.2, 0) is 4.79 Å². The monoisotopic (exact) mass is 222 g/mol. The van der Waals surface area contributed by atoms with E-state index in [1.165, 1.54) is 12.1 Å². The maximum atomic E-state index is 12.7. The summed E-state index contributed by atoms with van der Waals surface area (Å²) in [6.45, 7) is 0.761. The minimum Gasteiger partial charge on any atom is -0.373 e. The molecule has 1 aliphatic rings. The van der Waals surface area contributed by atoms with Gasteiger partial charge in [-0.3, -0.25) is 4.79 Å². The minimum atomic E-state index is -0.230. The van der Waals surface area contributed by atoms with Gasteiger partial charge in [-0.2, -0.15) is 0 Å². The topological polar surface area (TPSA) is 32.3 Å². The standard InChI is InChI=1S/C12H15FN2O/c1-15(8-10-4-7-12(16)14-10)11-5-2-9(13)3-6-11/h2-3,5-6,10H,4,7-8H2,1H3,(H,14,16)/t10-/m0/s1. The highest BCUT2D eigenvalue weighted by Crippen LogP contribution is 2.15. The van der Waals surface area contributed by atoms with Crippen LogP contribution in [0.4, 0.5) is 10.1 Å². The molecule has 0 aromatic heterocycles. The summed E-state index contributed by atoms with van der Waals surface area (Å²) in [4.78, 5) is 13.1. The Bertz CT molecular complexity index is 377. The van der Waals surface area contributed by atoms with Crippen molar-refractivity contribution in [3.8, 4) is 0 Å². The Kier molecular flexibility index (Phi) is 3.08. The first-order chi connectivity index (χ1) is 7.65. The van der Waals surface area contributed by atoms with Crippen LogP contribution in [0.5, 0.6) is 0 Å². The van der Waals surface area contributed by atoms with Gasteiger partial charge in [0.2, 0.25) is 5.91 Å². The Morgan fingerprint density at radius 1 is 1.44 bits per heavy atom. The van der Waals surface area contributed by atoms with Gasteiger partial charge in [-0.25, -0.2) is 4.39 Å². The number of amides is 1. The molecular formula is C12H15FN2O. The van der Waals surface area contributed by atoms with Gasteiger partial charge in [-0.15, -0.1) is 0 Å². The number of benzene rings is 1. The molecule has 0 unspecified atom stereocenters. The molecule has 1 heterocycles. The molecule has 86 valence electrons. The van der Waals surface area contributed by atoms with Crippen LogP contribution in [0.3, 0.4) is 0 Å². The van der Waals surface area contributed by atoms with Crippen LogP contribution in [0, 0.1) is 5.82 Å². The molecule has 1 aliphatic heterocycles. The maximum Gasteiger partial charge on any atom is 0.220 e. The Morgan fingerprint density at radius 2 is 2.12 bits per heavy atom. The van der Waals surface area contributed by atoms with Crippen LogP contribution in [0.15, 0.2) is 24.3 Å². The summed E-state index contributed by atoms with van der Waals surface area (Å²) >= 11 is 0. The third-order valence-electron chi connectivity index (χ3n) is 2.85. The molecule has 1 fully saturated rings. The zero-order valence-corrected chi connectivity index (χ0v) is 9.24. The summed E-state index contributed by atoms with van der Waals surface area (Å²) in [6.07, 6.45) is 1.49. The van der Waals surface area contributed by atoms with Crippen LogP contribution in [0.1, 0.15) is 12.8 Å². The van der Waals surface area contributed by atoms with Crippen molar-refractivity contribution in [1.82, 2.24) is 5.32 Å². The second-order valence-corrected chi connectivity index (χ2v) is 4.16. The van der Waals surface area contributed by atoms with Crippen LogP contribution < -0.4 is 10.2 Å². The van der Waals surface area contributed by atoms with E-state index in [1.807, 2.05) is 11.9 Å². The van der Waals surface area contributed by atoms with Crippen LogP contribution in [-0.4, -0.2) is 25.5 Å². The van der Waals surface area contributed by atoms with Gasteiger partial charge < -0.3 is 10.2 Å². The fourth-order valence-corrected chi connectivity index (χ4v) is 1.95. The van der Waals surface area contributed by atoms with Gasteiger partial charge in [-0.1, -0.05) is 0 Å². The lowest BCUT2D eigenvalue weighted by Crippen LogP contribution is -2.36. The van der Waals surface area contributed by atoms with Crippen LogP contribution in [0.2, 0.25) is 0 Å². The molecule has 0 aliphatic carbocycles. The summed E-state index contributed by atoms with van der Waals surface area (Å²) in [5.74, 6) is -0.108. The SMILES string of the molecule is CN(C[C@@H]1CCC(=O)N1)c1ccc(F)cc1. The summed E-state index contributed by atoms with van der Waals surface area (Å²) in [7, 11) is 1.94. The van der Waals surface area contributed by atoms with Crippen molar-refractivity contribution in [3.05, 3.63) is 30.1 Å². The Balaban J connectivity index is 1.95. The van der Waals surface area contributed by atoms with Crippen molar-refractivity contribution in [3.63, 3.8) is 0 Å². The van der Waals surface area contributed by atoms with E-state index in [0.29, 0.717) is 6.42 Å². The molecule has 1 aromatic rings. The largest absolute Gasteiger partial charge is 0.373 e. The highest BCUT2D eigenvalue weighted by atomic mass is 19.1. The third kappa shape index (κ3) is 2.51. The molecular weight excluding hydrogens is 207 g/mol. The molecule has 1 N–H and O–H groups in total. The molecule has 0 radical (unpaired) electrons. The predicted octanol–water partition coefficient (Wildman–Crippen LogP) is 1.54. The lowest BCUT2D eigenvalue weighted by Gasteiger charge is -2.23. The van der Waals surface area contributed by atoms with E-state index in [-0.39, 0.29) is 17.8 Å². The molecule has 1 saturated heterocycles. The van der Waals surface area contributed by atoms with Gasteiger partial charge in [0, 0.05) is 31.7 Å². The molecule has 4 heteroatoms. The second kappa shape index (κ2) is 4.51. The number of likely N-dealkylation sites (N-methyl/N-ethyl adjacent to an activating group) is 1. The second-order valence-electron chi connectivity index (χ2n) is 4.16. The molecule has 0 bridgehead atoms. The van der Waals surface area contributed by atoms with Gasteiger partial charge in [0.25, 0.3) is 0 Å². The van der Waals surface area contributed by atoms with Gasteiger partial charge in [0.1, 0.15) is 5.82 Å². The lowest BCUT2D eigenvalue weighted by atomic mass is 10.2. The number of carbonyl (C=O) groups is 1. The van der Waals surface area contributed by atoms with Crippen LogP contribution >= 0.6 is 0 Å². The lowest BCUT2D eigenvalue weighted by molar-refractivity contribution is -0.119. The smallest absolute Gasteiger partial charge is 0.220 e. The van der Waals surface area contributed by atoms with E-state index in [0.717, 1.165) is 18.7 Å². The van der Waals surface area contributed by atoms with Crippen molar-refractivity contribution in [2.75, 3.05) is 18.5 Å². The summed E-state index contributed by atoms with van der Waals surface area (Å²) in [5, 5.41) is 2.91. The summed E-state index contributed by atoms with van der Waals surface area (Å²) in [6, 6.07) is 6.58. The Morgan fingerprint density at radius 3 is 2.69 bits per heavy atom. The predicted molar refractivity (Wildman–Crippen MR) is 60.8 cm³/mol. The van der Waals surface area contributed by atoms with E-state index < -0.39 is 0 Å². The van der Waals surface area contributed by atoms with E-state index in [4.69, 9.17) is 0 Å². The number of nitrogens with zero attached hydrogens (tertiary/aromatic N) is 1. The first-order valence-electron chi connectivity index (χ1n) is 5.41. The van der Waals surface area contributed by atoms with Crippen molar-refractivity contribution in [1.29, 1.82) is 0 Å². The third-order valence-corrected chi connectivity index (χ3v) is 2.85. The number of anilines is 1. The van der Waals surface area contributed by atoms with E-state index in [1.54, 1.807) is 12.1 Å². The molecule has 1 aromatic carbocycles. The average molecular weight is 222 g/mol. The van der Waals surface area contributed by atoms with Crippen molar-refractivity contribution in [2.45, 2.75) is 18.9 Å². The number of rotatable bonds is 3. The number of nitrogens with one attached hydrogen (secondary N) is 1. The summed E-state index contributed by atoms with van der Waals surface area (Å²) < 4.78 is 12.7. The molecule has 1 amide bonds. The van der Waals surface area contributed by atoms with Gasteiger partial charge in [-0.05, 0) is 30.7 Å². The van der Waals surface area contributed by atoms with Crippen LogP contribution in [0.25, 0.3) is 0 Å². The Hall–Kier alpha value is -1.58. The first-order valence-corrected chi connectivity index (χ1v) is 5.41. The highest BCUT2D eigenvalue weighted by Gasteiger charge is 2.21. The number of carbonyl (C=O) groups excluding carboxylic acids is 1. The molecule has 0 spiro atoms. The zero-order chi connectivity index (χ0) is 11.5. The van der Waals surface area contributed by atoms with E-state index >= 15 is 0 Å². The van der Waals surface area contributed by atoms with Crippen molar-refractivity contribution < 1.29 is 9.18 Å². The molecule has 1 atom stereocenters. The van der Waals surface area contributed by atoms with Crippen molar-refractivity contribution >= 4 is 11.6 Å². The molecule has 16 heavy (non-hydrogen) atoms. The van der Waals surface area contributed by atoms with E-state index in [9.17, 15) is 9.18 Å². The van der Waals surface area contributed by atoms with Gasteiger partial charge in [0.15, 0.2) is 0 Å². The Labute approximate surface area is 94.3 Å². The van der Waals surface area contributed by atoms with E-state index in [2.05, 4.69) is 5.32 Å². The minimum absolute atomic E-state index is 0.123. The fraction of sp³-hybridized carbons (Fsp3) is 0.417. The molecule has 3 nitrogen and oxygen atoms in total. The van der Waals surface area contributed by atoms with Crippen molar-refractivity contribution in [2.24, 2.45) is 0 Å². The quantitative estimate of drug-likeness (QED) is 0.841. The fourth-order valence-electron chi connectivity index (χ4n) is 1.95. The number of hydrogen-bond donors (Lipinski definition) is 1. The average Bonchev–Trinajstić information content (AvgIpc) is 2.65. The first kappa shape index (κ1) is 10.9. The normalized spacial score (nSPS) is 19.6. The maximum absolute atomic E-state index is 12.7. The van der Waals surface area contributed by atoms with Gasteiger partial charge >= 0.3 is 0 Å². The highest BCUT2D eigenvalue weighted by molar-refractivity contribution is 5.78. The zero-order valence-electron chi connectivity index (χ0n) is 9.24. The number of hydrogen-bond acceptors (Lipinski definition) is 2. The van der Waals surface area contributed by atoms with Gasteiger partial charge in [0.05, 0.1) is 0 Å². The summed E-state index contributed by atoms with van der Waals surface area (Å²) in [5.41, 5.74) is 0.961.